The summed E-state index contributed by atoms with van der Waals surface area (Å²) in [6, 6.07) is 17.3. The average Bonchev–Trinajstić information content (AvgIpc) is 3.37. The minimum Gasteiger partial charge on any atom is -1.00 e. The summed E-state index contributed by atoms with van der Waals surface area (Å²) in [5.41, 5.74) is 2.45. The van der Waals surface area contributed by atoms with Gasteiger partial charge in [-0.3, -0.25) is 0 Å². The van der Waals surface area contributed by atoms with Crippen LogP contribution in [0.5, 0.6) is 11.5 Å². The van der Waals surface area contributed by atoms with Gasteiger partial charge in [-0.1, -0.05) is 154 Å². The van der Waals surface area contributed by atoms with Crippen LogP contribution >= 0.6 is 0 Å². The first-order chi connectivity index (χ1) is 35.7. The molecule has 2 aromatic carbocycles. The van der Waals surface area contributed by atoms with Crippen LogP contribution in [-0.4, -0.2) is 140 Å². The van der Waals surface area contributed by atoms with Crippen molar-refractivity contribution in [2.24, 2.45) is 0 Å². The highest BCUT2D eigenvalue weighted by atomic mass is 79.9. The minimum absolute atomic E-state index is 0. The van der Waals surface area contributed by atoms with E-state index >= 15 is 0 Å². The highest BCUT2D eigenvalue weighted by Crippen LogP contribution is 2.26. The molecule has 0 unspecified atom stereocenters. The Kier molecular flexibility index (Phi) is 55.1. The Labute approximate surface area is 529 Å². The Hall–Kier alpha value is -0.200. The van der Waals surface area contributed by atoms with E-state index in [1.165, 1.54) is 300 Å². The van der Waals surface area contributed by atoms with Gasteiger partial charge in [0.15, 0.2) is 0 Å². The molecule has 0 amide bonds. The monoisotopic (exact) mass is 1350 g/mol. The quantitative estimate of drug-likeness (QED) is 0.0556. The molecule has 462 valence electrons. The molecule has 2 rings (SSSR count). The number of nitrogens with zero attached hydrogens (tertiary/aromatic N) is 4. The Morgan fingerprint density at radius 2 is 0.397 bits per heavy atom. The maximum atomic E-state index is 6.11. The molecule has 0 bridgehead atoms. The predicted molar refractivity (Wildman–Crippen MR) is 328 cm³/mol. The molecule has 0 fully saturated rings. The van der Waals surface area contributed by atoms with E-state index in [1.54, 1.807) is 0 Å². The van der Waals surface area contributed by atoms with Crippen LogP contribution in [0, 0.1) is 0 Å². The fourth-order valence-corrected chi connectivity index (χ4v) is 11.2. The summed E-state index contributed by atoms with van der Waals surface area (Å²) >= 11 is 0. The predicted octanol–water partition coefficient (Wildman–Crippen LogP) is 6.52. The molecule has 0 saturated heterocycles. The number of rotatable bonds is 53. The lowest BCUT2D eigenvalue weighted by Crippen LogP contribution is -3.00. The molecule has 2 aromatic rings. The van der Waals surface area contributed by atoms with Gasteiger partial charge in [0.1, 0.15) is 11.5 Å². The molecular weight excluding hydrogens is 1220 g/mol. The highest BCUT2D eigenvalue weighted by Gasteiger charge is 2.18. The van der Waals surface area contributed by atoms with Crippen LogP contribution in [0.2, 0.25) is 0 Å². The topological polar surface area (TPSA) is 18.5 Å². The van der Waals surface area contributed by atoms with E-state index in [-0.39, 0.29) is 67.9 Å². The summed E-state index contributed by atoms with van der Waals surface area (Å²) < 4.78 is 17.1. The molecule has 0 aromatic heterocycles. The average molecular weight is 1360 g/mol. The third-order valence-electron chi connectivity index (χ3n) is 16.7. The van der Waals surface area contributed by atoms with Gasteiger partial charge in [0.25, 0.3) is 0 Å². The third-order valence-corrected chi connectivity index (χ3v) is 16.7. The molecular formula is C68H130Br4N4O2. The van der Waals surface area contributed by atoms with Crippen molar-refractivity contribution in [3.8, 4) is 22.6 Å². The highest BCUT2D eigenvalue weighted by molar-refractivity contribution is 5.64. The Morgan fingerprint density at radius 1 is 0.231 bits per heavy atom. The lowest BCUT2D eigenvalue weighted by Gasteiger charge is -2.31. The van der Waals surface area contributed by atoms with Crippen molar-refractivity contribution in [3.63, 3.8) is 0 Å². The summed E-state index contributed by atoms with van der Waals surface area (Å²) in [7, 11) is 19.6. The Bertz CT molecular complexity index is 1440. The summed E-state index contributed by atoms with van der Waals surface area (Å²) in [4.78, 5) is 0. The normalized spacial score (nSPS) is 11.9. The number of ether oxygens (including phenoxy) is 2. The second-order valence-corrected chi connectivity index (χ2v) is 26.3. The summed E-state index contributed by atoms with van der Waals surface area (Å²) in [6.07, 6.45) is 49.4. The van der Waals surface area contributed by atoms with Gasteiger partial charge in [0.2, 0.25) is 0 Å². The van der Waals surface area contributed by atoms with Gasteiger partial charge < -0.3 is 95.3 Å². The maximum absolute atomic E-state index is 6.11. The fraction of sp³-hybridized carbons (Fsp3) is 0.824. The van der Waals surface area contributed by atoms with Gasteiger partial charge in [0.05, 0.1) is 122 Å². The van der Waals surface area contributed by atoms with Crippen molar-refractivity contribution in [1.29, 1.82) is 0 Å². The van der Waals surface area contributed by atoms with Crippen LogP contribution < -0.4 is 77.4 Å². The molecule has 0 aliphatic heterocycles. The van der Waals surface area contributed by atoms with Crippen LogP contribution in [0.3, 0.4) is 0 Å². The van der Waals surface area contributed by atoms with Gasteiger partial charge >= 0.3 is 0 Å². The van der Waals surface area contributed by atoms with E-state index < -0.39 is 0 Å². The van der Waals surface area contributed by atoms with E-state index in [9.17, 15) is 0 Å². The largest absolute Gasteiger partial charge is 1.00 e. The zero-order valence-corrected chi connectivity index (χ0v) is 59.6. The first-order valence-corrected chi connectivity index (χ1v) is 32.4. The van der Waals surface area contributed by atoms with Crippen LogP contribution in [0.1, 0.15) is 245 Å². The van der Waals surface area contributed by atoms with Gasteiger partial charge in [-0.05, 0) is 151 Å². The van der Waals surface area contributed by atoms with E-state index in [0.717, 1.165) is 37.6 Å². The SMILES string of the molecule is CCCCCC[N+](C)(C)CCCCCC[N+](C)(C)CCCCCCCCCCCCOc1ccc(-c2ccc(OCCCCCCCCCCCC[N+](C)(C)CCCCCC[N+](C)(C)CCCCCC)cc2)cc1.[Br-].[Br-].[Br-].[Br-]. The molecule has 78 heavy (non-hydrogen) atoms. The first-order valence-electron chi connectivity index (χ1n) is 32.4. The van der Waals surface area contributed by atoms with Crippen molar-refractivity contribution in [2.75, 3.05) is 122 Å². The number of unbranched alkanes of at least 4 members (excludes halogenated alkanes) is 30. The van der Waals surface area contributed by atoms with Gasteiger partial charge in [0, 0.05) is 0 Å². The van der Waals surface area contributed by atoms with Crippen molar-refractivity contribution in [3.05, 3.63) is 48.5 Å². The maximum Gasteiger partial charge on any atom is 0.119 e. The summed E-state index contributed by atoms with van der Waals surface area (Å²) in [6.45, 7) is 17.0. The van der Waals surface area contributed by atoms with E-state index in [0.29, 0.717) is 0 Å². The van der Waals surface area contributed by atoms with Gasteiger partial charge in [-0.2, -0.15) is 0 Å². The summed E-state index contributed by atoms with van der Waals surface area (Å²) in [5.74, 6) is 1.96. The standard InChI is InChI=1S/C68H130N4O2.4BrH/c1-11-13-15-37-55-69(3,4)59-41-31-33-43-61-71(7,8)57-39-29-25-21-17-19-23-27-35-45-63-73-67-51-47-65(48-52-67)66-49-53-68(54-50-66)74-64-46-36-28-24-20-18-22-26-30-40-58-72(9,10)62-44-34-32-42-60-70(5,6)56-38-16-14-12-2;;;;/h47-54H,11-46,55-64H2,1-10H3;4*1H/q+4;;;;/p-4. The fourth-order valence-electron chi connectivity index (χ4n) is 11.2. The van der Waals surface area contributed by atoms with E-state index in [4.69, 9.17) is 9.47 Å². The van der Waals surface area contributed by atoms with E-state index in [2.05, 4.69) is 119 Å². The first kappa shape index (κ1) is 82.0. The Morgan fingerprint density at radius 3 is 0.590 bits per heavy atom. The molecule has 0 N–H and O–H groups in total. The lowest BCUT2D eigenvalue weighted by molar-refractivity contribution is -0.891. The van der Waals surface area contributed by atoms with Gasteiger partial charge in [-0.15, -0.1) is 0 Å². The number of benzene rings is 2. The third kappa shape index (κ3) is 48.2. The van der Waals surface area contributed by atoms with Crippen LogP contribution in [0.25, 0.3) is 11.1 Å². The van der Waals surface area contributed by atoms with Crippen molar-refractivity contribution < 1.29 is 95.3 Å². The molecule has 6 nitrogen and oxygen atoms in total. The van der Waals surface area contributed by atoms with Crippen LogP contribution in [0.4, 0.5) is 0 Å². The zero-order chi connectivity index (χ0) is 53.9. The molecule has 0 heterocycles. The number of hydrogen-bond donors (Lipinski definition) is 0. The molecule has 0 spiro atoms. The van der Waals surface area contributed by atoms with Crippen molar-refractivity contribution in [2.45, 2.75) is 245 Å². The van der Waals surface area contributed by atoms with Crippen LogP contribution in [0.15, 0.2) is 48.5 Å². The summed E-state index contributed by atoms with van der Waals surface area (Å²) in [5, 5.41) is 0. The molecule has 0 saturated carbocycles. The molecule has 10 heteroatoms. The Balaban J connectivity index is -0.0000141. The molecule has 0 atom stereocenters. The van der Waals surface area contributed by atoms with Crippen molar-refractivity contribution >= 4 is 0 Å². The van der Waals surface area contributed by atoms with Crippen LogP contribution in [-0.2, 0) is 0 Å². The minimum atomic E-state index is 0. The molecule has 0 aliphatic rings. The molecule has 0 aliphatic carbocycles. The van der Waals surface area contributed by atoms with Gasteiger partial charge in [-0.25, -0.2) is 0 Å². The molecule has 0 radical (unpaired) electrons. The lowest BCUT2D eigenvalue weighted by atomic mass is 10.1. The van der Waals surface area contributed by atoms with E-state index in [1.807, 2.05) is 0 Å². The second kappa shape index (κ2) is 52.4. The van der Waals surface area contributed by atoms with Crippen molar-refractivity contribution in [1.82, 2.24) is 0 Å². The number of halogens is 4. The zero-order valence-electron chi connectivity index (χ0n) is 53.3. The second-order valence-electron chi connectivity index (χ2n) is 26.3. The smallest absolute Gasteiger partial charge is 0.119 e. The number of quaternary nitrogens is 4. The number of hydrogen-bond acceptors (Lipinski definition) is 2.